The van der Waals surface area contributed by atoms with E-state index >= 15 is 0 Å². The number of benzene rings is 1. The molecule has 5 nitrogen and oxygen atoms in total. The van der Waals surface area contributed by atoms with Gasteiger partial charge in [0.15, 0.2) is 5.75 Å². The summed E-state index contributed by atoms with van der Waals surface area (Å²) in [6.45, 7) is 5.68. The van der Waals surface area contributed by atoms with Crippen LogP contribution in [-0.2, 0) is 14.8 Å². The first-order valence-corrected chi connectivity index (χ1v) is 7.20. The Bertz CT molecular complexity index is 549. The summed E-state index contributed by atoms with van der Waals surface area (Å²) >= 11 is 0. The van der Waals surface area contributed by atoms with Crippen molar-refractivity contribution >= 4 is 21.7 Å². The molecule has 18 heavy (non-hydrogen) atoms. The van der Waals surface area contributed by atoms with E-state index in [1.807, 2.05) is 26.0 Å². The fraction of sp³-hybridized carbons (Fsp3) is 0.417. The van der Waals surface area contributed by atoms with Crippen molar-refractivity contribution in [2.75, 3.05) is 10.5 Å². The molecule has 6 heteroatoms. The van der Waals surface area contributed by atoms with Gasteiger partial charge in [-0.1, -0.05) is 32.0 Å². The number of carboxylic acid groups (broad SMARTS) is 1. The van der Waals surface area contributed by atoms with Crippen LogP contribution in [0.15, 0.2) is 18.2 Å². The van der Waals surface area contributed by atoms with Crippen LogP contribution >= 0.6 is 0 Å². The number of carbonyl (C=O) groups is 1. The molecular weight excluding hydrogens is 254 g/mol. The summed E-state index contributed by atoms with van der Waals surface area (Å²) in [5.41, 5.74) is 2.10. The van der Waals surface area contributed by atoms with Gasteiger partial charge in [-0.05, 0) is 24.0 Å². The van der Waals surface area contributed by atoms with Crippen LogP contribution < -0.4 is 4.72 Å². The number of carboxylic acids is 1. The van der Waals surface area contributed by atoms with Crippen molar-refractivity contribution in [2.45, 2.75) is 26.7 Å². The maximum atomic E-state index is 11.6. The second-order valence-corrected chi connectivity index (χ2v) is 6.17. The summed E-state index contributed by atoms with van der Waals surface area (Å²) < 4.78 is 25.7. The quantitative estimate of drug-likeness (QED) is 0.857. The number of nitrogens with one attached hydrogen (secondary N) is 1. The third kappa shape index (κ3) is 3.73. The fourth-order valence-electron chi connectivity index (χ4n) is 1.67. The molecule has 1 aromatic rings. The second kappa shape index (κ2) is 5.39. The van der Waals surface area contributed by atoms with E-state index < -0.39 is 21.7 Å². The third-order valence-corrected chi connectivity index (χ3v) is 3.64. The molecule has 100 valence electrons. The van der Waals surface area contributed by atoms with Gasteiger partial charge in [0, 0.05) is 0 Å². The van der Waals surface area contributed by atoms with Crippen LogP contribution in [0.1, 0.15) is 30.9 Å². The summed E-state index contributed by atoms with van der Waals surface area (Å²) in [5.74, 6) is -2.16. The van der Waals surface area contributed by atoms with Crippen molar-refractivity contribution in [1.29, 1.82) is 0 Å². The molecule has 0 bridgehead atoms. The molecule has 0 heterocycles. The lowest BCUT2D eigenvalue weighted by Gasteiger charge is -2.16. The predicted molar refractivity (Wildman–Crippen MR) is 70.3 cm³/mol. The molecule has 2 N–H and O–H groups in total. The molecule has 0 spiro atoms. The largest absolute Gasteiger partial charge is 0.480 e. The summed E-state index contributed by atoms with van der Waals surface area (Å²) in [4.78, 5) is 10.5. The molecule has 0 aliphatic rings. The molecular formula is C12H17NO4S. The number of hydrogen-bond donors (Lipinski definition) is 2. The van der Waals surface area contributed by atoms with E-state index in [0.717, 1.165) is 11.1 Å². The Labute approximate surface area is 107 Å². The number of aryl methyl sites for hydroxylation is 1. The average Bonchev–Trinajstić information content (AvgIpc) is 2.18. The van der Waals surface area contributed by atoms with Gasteiger partial charge in [-0.25, -0.2) is 8.42 Å². The lowest BCUT2D eigenvalue weighted by Crippen LogP contribution is -2.23. The highest BCUT2D eigenvalue weighted by molar-refractivity contribution is 7.93. The molecule has 0 aromatic heterocycles. The van der Waals surface area contributed by atoms with Gasteiger partial charge in [0.05, 0.1) is 5.69 Å². The number of aliphatic carboxylic acids is 1. The molecule has 0 unspecified atom stereocenters. The van der Waals surface area contributed by atoms with Gasteiger partial charge in [0.1, 0.15) is 0 Å². The first-order valence-electron chi connectivity index (χ1n) is 5.54. The minimum Gasteiger partial charge on any atom is -0.480 e. The van der Waals surface area contributed by atoms with Crippen LogP contribution in [0, 0.1) is 6.92 Å². The summed E-state index contributed by atoms with van der Waals surface area (Å²) in [6, 6.07) is 5.46. The van der Waals surface area contributed by atoms with E-state index in [2.05, 4.69) is 4.72 Å². The van der Waals surface area contributed by atoms with Crippen LogP contribution in [0.4, 0.5) is 5.69 Å². The second-order valence-electron chi connectivity index (χ2n) is 4.45. The van der Waals surface area contributed by atoms with Gasteiger partial charge in [0.2, 0.25) is 10.0 Å². The van der Waals surface area contributed by atoms with Crippen molar-refractivity contribution < 1.29 is 18.3 Å². The maximum absolute atomic E-state index is 11.6. The molecule has 0 fully saturated rings. The van der Waals surface area contributed by atoms with E-state index in [9.17, 15) is 13.2 Å². The van der Waals surface area contributed by atoms with Crippen LogP contribution in [-0.4, -0.2) is 25.2 Å². The van der Waals surface area contributed by atoms with Gasteiger partial charge in [-0.2, -0.15) is 0 Å². The zero-order valence-electron chi connectivity index (χ0n) is 10.6. The van der Waals surface area contributed by atoms with Gasteiger partial charge < -0.3 is 5.11 Å². The molecule has 0 saturated heterocycles. The third-order valence-electron chi connectivity index (χ3n) is 2.50. The highest BCUT2D eigenvalue weighted by atomic mass is 32.2. The molecule has 0 amide bonds. The standard InChI is InChI=1S/C12H17NO4S/c1-8(2)10-6-4-5-9(3)12(10)13-18(16,17)7-11(14)15/h4-6,8,13H,7H2,1-3H3,(H,14,15). The van der Waals surface area contributed by atoms with Crippen LogP contribution in [0.25, 0.3) is 0 Å². The first kappa shape index (κ1) is 14.5. The van der Waals surface area contributed by atoms with Gasteiger partial charge in [-0.3, -0.25) is 9.52 Å². The summed E-state index contributed by atoms with van der Waals surface area (Å²) in [6.07, 6.45) is 0. The average molecular weight is 271 g/mol. The van der Waals surface area contributed by atoms with Crippen molar-refractivity contribution in [3.63, 3.8) is 0 Å². The number of rotatable bonds is 5. The molecule has 1 rings (SSSR count). The number of anilines is 1. The van der Waals surface area contributed by atoms with E-state index in [4.69, 9.17) is 5.11 Å². The smallest absolute Gasteiger partial charge is 0.320 e. The zero-order chi connectivity index (χ0) is 13.9. The minimum atomic E-state index is -3.86. The number of para-hydroxylation sites is 1. The Hall–Kier alpha value is -1.56. The van der Waals surface area contributed by atoms with E-state index in [0.29, 0.717) is 5.69 Å². The number of hydrogen-bond acceptors (Lipinski definition) is 3. The predicted octanol–water partition coefficient (Wildman–Crippen LogP) is 1.94. The molecule has 1 aromatic carbocycles. The monoisotopic (exact) mass is 271 g/mol. The first-order chi connectivity index (χ1) is 8.23. The fourth-order valence-corrected chi connectivity index (χ4v) is 2.65. The lowest BCUT2D eigenvalue weighted by molar-refractivity contribution is -0.134. The van der Waals surface area contributed by atoms with Crippen LogP contribution in [0.5, 0.6) is 0 Å². The molecule has 0 saturated carbocycles. The Morgan fingerprint density at radius 1 is 1.39 bits per heavy atom. The van der Waals surface area contributed by atoms with Crippen molar-refractivity contribution in [1.82, 2.24) is 0 Å². The summed E-state index contributed by atoms with van der Waals surface area (Å²) in [5, 5.41) is 8.56. The molecule has 0 aliphatic heterocycles. The van der Waals surface area contributed by atoms with Crippen molar-refractivity contribution in [2.24, 2.45) is 0 Å². The van der Waals surface area contributed by atoms with Gasteiger partial charge in [-0.15, -0.1) is 0 Å². The van der Waals surface area contributed by atoms with Crippen LogP contribution in [0.3, 0.4) is 0 Å². The highest BCUT2D eigenvalue weighted by Gasteiger charge is 2.19. The Morgan fingerprint density at radius 3 is 2.50 bits per heavy atom. The Morgan fingerprint density at radius 2 is 2.00 bits per heavy atom. The Balaban J connectivity index is 3.15. The van der Waals surface area contributed by atoms with E-state index in [1.165, 1.54) is 0 Å². The molecule has 0 atom stereocenters. The van der Waals surface area contributed by atoms with E-state index in [1.54, 1.807) is 13.0 Å². The minimum absolute atomic E-state index is 0.146. The SMILES string of the molecule is Cc1cccc(C(C)C)c1NS(=O)(=O)CC(=O)O. The van der Waals surface area contributed by atoms with Gasteiger partial charge in [0.25, 0.3) is 0 Å². The topological polar surface area (TPSA) is 83.5 Å². The van der Waals surface area contributed by atoms with E-state index in [-0.39, 0.29) is 5.92 Å². The number of sulfonamides is 1. The molecule has 0 aliphatic carbocycles. The maximum Gasteiger partial charge on any atom is 0.320 e. The zero-order valence-corrected chi connectivity index (χ0v) is 11.4. The highest BCUT2D eigenvalue weighted by Crippen LogP contribution is 2.28. The summed E-state index contributed by atoms with van der Waals surface area (Å²) in [7, 11) is -3.86. The van der Waals surface area contributed by atoms with Gasteiger partial charge >= 0.3 is 5.97 Å². The normalized spacial score (nSPS) is 11.6. The van der Waals surface area contributed by atoms with Crippen molar-refractivity contribution in [3.8, 4) is 0 Å². The molecule has 0 radical (unpaired) electrons. The Kier molecular flexibility index (Phi) is 4.34. The van der Waals surface area contributed by atoms with Crippen molar-refractivity contribution in [3.05, 3.63) is 29.3 Å². The lowest BCUT2D eigenvalue weighted by atomic mass is 9.99. The van der Waals surface area contributed by atoms with Crippen LogP contribution in [0.2, 0.25) is 0 Å².